The SMILES string of the molecule is CCN(CC)C1=NC(=O)[C@H](CC(=O)Nc2ccc(C)cc2C)S1. The minimum atomic E-state index is -0.420. The van der Waals surface area contributed by atoms with Gasteiger partial charge in [-0.1, -0.05) is 29.5 Å². The fraction of sp³-hybridized carbons (Fsp3) is 0.471. The van der Waals surface area contributed by atoms with Crippen LogP contribution in [0.3, 0.4) is 0 Å². The Morgan fingerprint density at radius 1 is 1.30 bits per heavy atom. The summed E-state index contributed by atoms with van der Waals surface area (Å²) in [6.45, 7) is 9.63. The molecule has 0 saturated carbocycles. The molecule has 0 aliphatic carbocycles. The third kappa shape index (κ3) is 4.34. The number of carbonyl (C=O) groups excluding carboxylic acids is 2. The van der Waals surface area contributed by atoms with Crippen LogP contribution in [0.15, 0.2) is 23.2 Å². The molecule has 0 spiro atoms. The number of nitrogens with one attached hydrogen (secondary N) is 1. The number of rotatable bonds is 5. The van der Waals surface area contributed by atoms with Crippen molar-refractivity contribution in [2.75, 3.05) is 18.4 Å². The molecule has 1 N–H and O–H groups in total. The van der Waals surface area contributed by atoms with E-state index in [1.807, 2.05) is 50.8 Å². The Hall–Kier alpha value is -1.82. The van der Waals surface area contributed by atoms with Gasteiger partial charge in [0.25, 0.3) is 5.91 Å². The van der Waals surface area contributed by atoms with Gasteiger partial charge < -0.3 is 10.2 Å². The standard InChI is InChI=1S/C17H23N3O2S/c1-5-20(6-2)17-19-16(22)14(23-17)10-15(21)18-13-8-7-11(3)9-12(13)4/h7-9,14H,5-6,10H2,1-4H3,(H,18,21)/t14-/m0/s1. The lowest BCUT2D eigenvalue weighted by molar-refractivity contribution is -0.121. The molecular formula is C17H23N3O2S. The van der Waals surface area contributed by atoms with E-state index in [1.165, 1.54) is 11.8 Å². The molecule has 1 aliphatic heterocycles. The number of nitrogens with zero attached hydrogens (tertiary/aromatic N) is 2. The number of carbonyl (C=O) groups is 2. The minimum absolute atomic E-state index is 0.144. The number of hydrogen-bond acceptors (Lipinski definition) is 4. The first kappa shape index (κ1) is 17.5. The molecule has 0 fully saturated rings. The van der Waals surface area contributed by atoms with E-state index >= 15 is 0 Å². The molecule has 1 aromatic carbocycles. The van der Waals surface area contributed by atoms with Crippen molar-refractivity contribution in [3.05, 3.63) is 29.3 Å². The maximum absolute atomic E-state index is 12.2. The third-order valence-electron chi connectivity index (χ3n) is 3.79. The summed E-state index contributed by atoms with van der Waals surface area (Å²) in [6.07, 6.45) is 0.144. The van der Waals surface area contributed by atoms with Gasteiger partial charge in [0.15, 0.2) is 5.17 Å². The van der Waals surface area contributed by atoms with E-state index in [-0.39, 0.29) is 18.2 Å². The van der Waals surface area contributed by atoms with Gasteiger partial charge in [-0.25, -0.2) is 0 Å². The molecule has 1 heterocycles. The molecule has 0 saturated heterocycles. The number of anilines is 1. The normalized spacial score (nSPS) is 17.1. The van der Waals surface area contributed by atoms with Gasteiger partial charge in [0.2, 0.25) is 5.91 Å². The number of amides is 2. The lowest BCUT2D eigenvalue weighted by atomic mass is 10.1. The maximum atomic E-state index is 12.2. The number of thioether (sulfide) groups is 1. The molecule has 1 aliphatic rings. The summed E-state index contributed by atoms with van der Waals surface area (Å²) in [6, 6.07) is 5.87. The Morgan fingerprint density at radius 3 is 2.61 bits per heavy atom. The highest BCUT2D eigenvalue weighted by Crippen LogP contribution is 2.27. The van der Waals surface area contributed by atoms with Gasteiger partial charge in [-0.2, -0.15) is 4.99 Å². The summed E-state index contributed by atoms with van der Waals surface area (Å²) in [5, 5.41) is 3.19. The van der Waals surface area contributed by atoms with E-state index in [9.17, 15) is 9.59 Å². The molecule has 5 nitrogen and oxygen atoms in total. The van der Waals surface area contributed by atoms with Gasteiger partial charge in [-0.05, 0) is 39.3 Å². The Labute approximate surface area is 141 Å². The maximum Gasteiger partial charge on any atom is 0.262 e. The van der Waals surface area contributed by atoms with Crippen LogP contribution < -0.4 is 5.32 Å². The predicted octanol–water partition coefficient (Wildman–Crippen LogP) is 2.97. The van der Waals surface area contributed by atoms with Crippen molar-refractivity contribution in [2.45, 2.75) is 39.4 Å². The molecule has 0 bridgehead atoms. The van der Waals surface area contributed by atoms with Gasteiger partial charge >= 0.3 is 0 Å². The highest BCUT2D eigenvalue weighted by Gasteiger charge is 2.32. The van der Waals surface area contributed by atoms with Crippen LogP contribution in [-0.2, 0) is 9.59 Å². The van der Waals surface area contributed by atoms with Crippen molar-refractivity contribution in [3.8, 4) is 0 Å². The molecular weight excluding hydrogens is 310 g/mol. The van der Waals surface area contributed by atoms with Crippen LogP contribution in [0.25, 0.3) is 0 Å². The summed E-state index contributed by atoms with van der Waals surface area (Å²) in [4.78, 5) is 30.4. The second-order valence-electron chi connectivity index (χ2n) is 5.58. The quantitative estimate of drug-likeness (QED) is 0.900. The van der Waals surface area contributed by atoms with Crippen molar-refractivity contribution >= 4 is 34.4 Å². The lowest BCUT2D eigenvalue weighted by Gasteiger charge is -2.19. The second-order valence-corrected chi connectivity index (χ2v) is 6.75. The topological polar surface area (TPSA) is 61.8 Å². The summed E-state index contributed by atoms with van der Waals surface area (Å²) >= 11 is 1.39. The van der Waals surface area contributed by atoms with Crippen molar-refractivity contribution in [3.63, 3.8) is 0 Å². The Morgan fingerprint density at radius 2 is 2.00 bits per heavy atom. The van der Waals surface area contributed by atoms with Crippen molar-refractivity contribution in [2.24, 2.45) is 4.99 Å². The fourth-order valence-corrected chi connectivity index (χ4v) is 3.65. The number of hydrogen-bond donors (Lipinski definition) is 1. The molecule has 0 radical (unpaired) electrons. The van der Waals surface area contributed by atoms with Gasteiger partial charge in [0.05, 0.1) is 0 Å². The third-order valence-corrected chi connectivity index (χ3v) is 5.00. The fourth-order valence-electron chi connectivity index (χ4n) is 2.46. The summed E-state index contributed by atoms with van der Waals surface area (Å²) < 4.78 is 0. The second kappa shape index (κ2) is 7.64. The molecule has 1 atom stereocenters. The zero-order chi connectivity index (χ0) is 17.0. The first-order valence-corrected chi connectivity index (χ1v) is 8.73. The summed E-state index contributed by atoms with van der Waals surface area (Å²) in [7, 11) is 0. The van der Waals surface area contributed by atoms with Crippen LogP contribution in [0.2, 0.25) is 0 Å². The summed E-state index contributed by atoms with van der Waals surface area (Å²) in [5.74, 6) is -0.369. The van der Waals surface area contributed by atoms with Crippen molar-refractivity contribution < 1.29 is 9.59 Å². The zero-order valence-electron chi connectivity index (χ0n) is 14.0. The highest BCUT2D eigenvalue weighted by atomic mass is 32.2. The Bertz CT molecular complexity index is 639. The number of aliphatic imine (C=N–C) groups is 1. The van der Waals surface area contributed by atoms with E-state index in [0.29, 0.717) is 0 Å². The monoisotopic (exact) mass is 333 g/mol. The molecule has 23 heavy (non-hydrogen) atoms. The zero-order valence-corrected chi connectivity index (χ0v) is 14.9. The lowest BCUT2D eigenvalue weighted by Crippen LogP contribution is -2.28. The molecule has 2 rings (SSSR count). The Balaban J connectivity index is 1.95. The van der Waals surface area contributed by atoms with Crippen LogP contribution in [-0.4, -0.2) is 40.2 Å². The van der Waals surface area contributed by atoms with E-state index < -0.39 is 5.25 Å². The van der Waals surface area contributed by atoms with Crippen LogP contribution >= 0.6 is 11.8 Å². The van der Waals surface area contributed by atoms with Crippen LogP contribution in [0.5, 0.6) is 0 Å². The number of aryl methyl sites for hydroxylation is 2. The van der Waals surface area contributed by atoms with E-state index in [4.69, 9.17) is 0 Å². The molecule has 0 unspecified atom stereocenters. The van der Waals surface area contributed by atoms with Crippen LogP contribution in [0.4, 0.5) is 5.69 Å². The smallest absolute Gasteiger partial charge is 0.262 e. The Kier molecular flexibility index (Phi) is 5.82. The van der Waals surface area contributed by atoms with Gasteiger partial charge in [0, 0.05) is 25.2 Å². The largest absolute Gasteiger partial charge is 0.352 e. The van der Waals surface area contributed by atoms with E-state index in [1.54, 1.807) is 0 Å². The summed E-state index contributed by atoms with van der Waals surface area (Å²) in [5.41, 5.74) is 2.96. The van der Waals surface area contributed by atoms with Crippen LogP contribution in [0, 0.1) is 13.8 Å². The van der Waals surface area contributed by atoms with Crippen LogP contribution in [0.1, 0.15) is 31.4 Å². The van der Waals surface area contributed by atoms with E-state index in [0.717, 1.165) is 35.1 Å². The van der Waals surface area contributed by atoms with Gasteiger partial charge in [0.1, 0.15) is 5.25 Å². The average Bonchev–Trinajstić information content (AvgIpc) is 2.84. The highest BCUT2D eigenvalue weighted by molar-refractivity contribution is 8.15. The average molecular weight is 333 g/mol. The molecule has 124 valence electrons. The molecule has 1 aromatic rings. The van der Waals surface area contributed by atoms with Crippen molar-refractivity contribution in [1.29, 1.82) is 0 Å². The first-order valence-electron chi connectivity index (χ1n) is 7.85. The first-order chi connectivity index (χ1) is 10.9. The molecule has 2 amide bonds. The molecule has 6 heteroatoms. The number of amidine groups is 1. The van der Waals surface area contributed by atoms with Gasteiger partial charge in [-0.15, -0.1) is 0 Å². The minimum Gasteiger partial charge on any atom is -0.352 e. The van der Waals surface area contributed by atoms with Crippen molar-refractivity contribution in [1.82, 2.24) is 4.90 Å². The predicted molar refractivity (Wildman–Crippen MR) is 95.9 cm³/mol. The van der Waals surface area contributed by atoms with E-state index in [2.05, 4.69) is 10.3 Å². The molecule has 0 aromatic heterocycles. The van der Waals surface area contributed by atoms with Gasteiger partial charge in [-0.3, -0.25) is 9.59 Å². The number of benzene rings is 1.